The number of hydrogen-bond acceptors (Lipinski definition) is 3. The van der Waals surface area contributed by atoms with E-state index >= 15 is 0 Å². The first kappa shape index (κ1) is 13.0. The maximum Gasteiger partial charge on any atom is 0.119 e. The predicted molar refractivity (Wildman–Crippen MR) is 66.0 cm³/mol. The van der Waals surface area contributed by atoms with Crippen molar-refractivity contribution >= 4 is 0 Å². The van der Waals surface area contributed by atoms with Crippen molar-refractivity contribution in [3.63, 3.8) is 0 Å². The van der Waals surface area contributed by atoms with E-state index in [2.05, 4.69) is 31.3 Å². The van der Waals surface area contributed by atoms with Gasteiger partial charge in [-0.1, -0.05) is 26.0 Å². The van der Waals surface area contributed by atoms with Gasteiger partial charge >= 0.3 is 0 Å². The molecule has 0 spiro atoms. The molecule has 90 valence electrons. The second kappa shape index (κ2) is 7.25. The highest BCUT2D eigenvalue weighted by Crippen LogP contribution is 2.19. The molecule has 0 fully saturated rings. The molecule has 2 N–H and O–H groups in total. The third-order valence-corrected chi connectivity index (χ3v) is 2.36. The molecule has 0 bridgehead atoms. The molecule has 0 saturated carbocycles. The minimum Gasteiger partial charge on any atom is -0.492 e. The maximum atomic E-state index is 8.58. The first-order valence-electron chi connectivity index (χ1n) is 5.78. The van der Waals surface area contributed by atoms with E-state index in [0.717, 1.165) is 12.3 Å². The molecule has 0 saturated heterocycles. The minimum atomic E-state index is 0.169. The van der Waals surface area contributed by atoms with E-state index in [4.69, 9.17) is 9.84 Å². The lowest BCUT2D eigenvalue weighted by molar-refractivity contribution is 0.276. The largest absolute Gasteiger partial charge is 0.492 e. The SMILES string of the molecule is CC(C)c1cccc(OCCNCCO)c1. The van der Waals surface area contributed by atoms with Crippen LogP contribution < -0.4 is 10.1 Å². The number of rotatable bonds is 7. The molecule has 0 heterocycles. The van der Waals surface area contributed by atoms with Gasteiger partial charge in [0, 0.05) is 13.1 Å². The average Bonchev–Trinajstić information content (AvgIpc) is 2.29. The monoisotopic (exact) mass is 223 g/mol. The summed E-state index contributed by atoms with van der Waals surface area (Å²) in [5.41, 5.74) is 1.29. The Hall–Kier alpha value is -1.06. The number of ether oxygens (including phenoxy) is 1. The Morgan fingerprint density at radius 1 is 1.31 bits per heavy atom. The molecule has 0 aliphatic heterocycles. The molecule has 0 aromatic heterocycles. The van der Waals surface area contributed by atoms with Crippen LogP contribution in [0.2, 0.25) is 0 Å². The first-order chi connectivity index (χ1) is 7.74. The zero-order valence-corrected chi connectivity index (χ0v) is 10.1. The van der Waals surface area contributed by atoms with Crippen LogP contribution in [0, 0.1) is 0 Å². The van der Waals surface area contributed by atoms with Gasteiger partial charge in [-0.15, -0.1) is 0 Å². The van der Waals surface area contributed by atoms with Gasteiger partial charge in [-0.25, -0.2) is 0 Å². The summed E-state index contributed by atoms with van der Waals surface area (Å²) in [5.74, 6) is 1.44. The smallest absolute Gasteiger partial charge is 0.119 e. The normalized spacial score (nSPS) is 10.8. The van der Waals surface area contributed by atoms with Gasteiger partial charge in [-0.3, -0.25) is 0 Å². The van der Waals surface area contributed by atoms with Crippen molar-refractivity contribution in [2.45, 2.75) is 19.8 Å². The van der Waals surface area contributed by atoms with Gasteiger partial charge in [0.15, 0.2) is 0 Å². The molecular formula is C13H21NO2. The van der Waals surface area contributed by atoms with Crippen molar-refractivity contribution < 1.29 is 9.84 Å². The van der Waals surface area contributed by atoms with Gasteiger partial charge in [0.05, 0.1) is 6.61 Å². The highest BCUT2D eigenvalue weighted by atomic mass is 16.5. The molecule has 0 amide bonds. The average molecular weight is 223 g/mol. The van der Waals surface area contributed by atoms with Crippen LogP contribution in [0.5, 0.6) is 5.75 Å². The van der Waals surface area contributed by atoms with Crippen LogP contribution in [0.25, 0.3) is 0 Å². The zero-order valence-electron chi connectivity index (χ0n) is 10.1. The molecule has 0 radical (unpaired) electrons. The van der Waals surface area contributed by atoms with Crippen LogP contribution in [-0.2, 0) is 0 Å². The fraction of sp³-hybridized carbons (Fsp3) is 0.538. The number of aliphatic hydroxyl groups is 1. The lowest BCUT2D eigenvalue weighted by Crippen LogP contribution is -2.23. The molecule has 1 aromatic carbocycles. The Morgan fingerprint density at radius 3 is 2.81 bits per heavy atom. The van der Waals surface area contributed by atoms with Crippen LogP contribution in [0.3, 0.4) is 0 Å². The third-order valence-electron chi connectivity index (χ3n) is 2.36. The van der Waals surface area contributed by atoms with Gasteiger partial charge < -0.3 is 15.2 Å². The van der Waals surface area contributed by atoms with E-state index in [0.29, 0.717) is 19.1 Å². The van der Waals surface area contributed by atoms with E-state index < -0.39 is 0 Å². The summed E-state index contributed by atoms with van der Waals surface area (Å²) in [6, 6.07) is 8.18. The van der Waals surface area contributed by atoms with Crippen LogP contribution in [-0.4, -0.2) is 31.4 Å². The van der Waals surface area contributed by atoms with Gasteiger partial charge in [-0.05, 0) is 23.6 Å². The summed E-state index contributed by atoms with van der Waals surface area (Å²) in [4.78, 5) is 0. The molecule has 1 rings (SSSR count). The number of hydrogen-bond donors (Lipinski definition) is 2. The van der Waals surface area contributed by atoms with Crippen molar-refractivity contribution in [3.8, 4) is 5.75 Å². The molecule has 1 aromatic rings. The fourth-order valence-electron chi connectivity index (χ4n) is 1.41. The molecule has 3 nitrogen and oxygen atoms in total. The van der Waals surface area contributed by atoms with Crippen molar-refractivity contribution in [3.05, 3.63) is 29.8 Å². The Labute approximate surface area is 97.4 Å². The Bertz CT molecular complexity index is 300. The fourth-order valence-corrected chi connectivity index (χ4v) is 1.41. The van der Waals surface area contributed by atoms with Crippen molar-refractivity contribution in [1.82, 2.24) is 5.32 Å². The Balaban J connectivity index is 2.33. The van der Waals surface area contributed by atoms with E-state index in [-0.39, 0.29) is 6.61 Å². The lowest BCUT2D eigenvalue weighted by Gasteiger charge is -2.10. The second-order valence-corrected chi connectivity index (χ2v) is 4.05. The highest BCUT2D eigenvalue weighted by molar-refractivity contribution is 5.30. The summed E-state index contributed by atoms with van der Waals surface area (Å²) in [6.45, 7) is 6.51. The predicted octanol–water partition coefficient (Wildman–Crippen LogP) is 1.77. The van der Waals surface area contributed by atoms with Gasteiger partial charge in [0.2, 0.25) is 0 Å². The molecule has 0 aliphatic rings. The third kappa shape index (κ3) is 4.64. The molecule has 16 heavy (non-hydrogen) atoms. The van der Waals surface area contributed by atoms with Crippen LogP contribution in [0.4, 0.5) is 0 Å². The molecule has 0 unspecified atom stereocenters. The van der Waals surface area contributed by atoms with Crippen LogP contribution in [0.15, 0.2) is 24.3 Å². The quantitative estimate of drug-likeness (QED) is 0.692. The summed E-state index contributed by atoms with van der Waals surface area (Å²) in [5, 5.41) is 11.6. The molecule has 0 atom stereocenters. The number of benzene rings is 1. The Kier molecular flexibility index (Phi) is 5.90. The van der Waals surface area contributed by atoms with Gasteiger partial charge in [-0.2, -0.15) is 0 Å². The topological polar surface area (TPSA) is 41.5 Å². The zero-order chi connectivity index (χ0) is 11.8. The number of nitrogens with one attached hydrogen (secondary N) is 1. The molecule has 0 aliphatic carbocycles. The summed E-state index contributed by atoms with van der Waals surface area (Å²) >= 11 is 0. The van der Waals surface area contributed by atoms with E-state index in [9.17, 15) is 0 Å². The molecular weight excluding hydrogens is 202 g/mol. The lowest BCUT2D eigenvalue weighted by atomic mass is 10.0. The van der Waals surface area contributed by atoms with Crippen LogP contribution in [0.1, 0.15) is 25.3 Å². The van der Waals surface area contributed by atoms with Crippen molar-refractivity contribution in [2.75, 3.05) is 26.3 Å². The van der Waals surface area contributed by atoms with Crippen LogP contribution >= 0.6 is 0 Å². The highest BCUT2D eigenvalue weighted by Gasteiger charge is 2.00. The van der Waals surface area contributed by atoms with Gasteiger partial charge in [0.1, 0.15) is 12.4 Å². The Morgan fingerprint density at radius 2 is 2.12 bits per heavy atom. The van der Waals surface area contributed by atoms with E-state index in [1.807, 2.05) is 12.1 Å². The number of aliphatic hydroxyl groups excluding tert-OH is 1. The van der Waals surface area contributed by atoms with E-state index in [1.54, 1.807) is 0 Å². The van der Waals surface area contributed by atoms with E-state index in [1.165, 1.54) is 5.56 Å². The maximum absolute atomic E-state index is 8.58. The van der Waals surface area contributed by atoms with Gasteiger partial charge in [0.25, 0.3) is 0 Å². The first-order valence-corrected chi connectivity index (χ1v) is 5.78. The van der Waals surface area contributed by atoms with Crippen molar-refractivity contribution in [1.29, 1.82) is 0 Å². The summed E-state index contributed by atoms with van der Waals surface area (Å²) in [7, 11) is 0. The minimum absolute atomic E-state index is 0.169. The second-order valence-electron chi connectivity index (χ2n) is 4.05. The summed E-state index contributed by atoms with van der Waals surface area (Å²) in [6.07, 6.45) is 0. The standard InChI is InChI=1S/C13H21NO2/c1-11(2)12-4-3-5-13(10-12)16-9-7-14-6-8-15/h3-5,10-11,14-15H,6-9H2,1-2H3. The van der Waals surface area contributed by atoms with Crippen molar-refractivity contribution in [2.24, 2.45) is 0 Å². The molecule has 3 heteroatoms. The summed E-state index contributed by atoms with van der Waals surface area (Å²) < 4.78 is 5.60.